The average Bonchev–Trinajstić information content (AvgIpc) is 3.22. The van der Waals surface area contributed by atoms with Gasteiger partial charge in [0.2, 0.25) is 0 Å². The monoisotopic (exact) mass is 372 g/mol. The number of fused-ring (bicyclic) bond motifs is 1. The van der Waals surface area contributed by atoms with Crippen molar-refractivity contribution in [3.63, 3.8) is 0 Å². The first-order valence-corrected chi connectivity index (χ1v) is 8.46. The van der Waals surface area contributed by atoms with Gasteiger partial charge in [-0.1, -0.05) is 12.1 Å². The Morgan fingerprint density at radius 1 is 1.19 bits per heavy atom. The first-order valence-electron chi connectivity index (χ1n) is 8.46. The maximum absolute atomic E-state index is 10.2. The maximum Gasteiger partial charge on any atom is 0.167 e. The first-order chi connectivity index (χ1) is 13.1. The molecule has 0 bridgehead atoms. The van der Waals surface area contributed by atoms with Crippen LogP contribution < -0.4 is 11.1 Å². The lowest BCUT2D eigenvalue weighted by atomic mass is 10.1. The third-order valence-corrected chi connectivity index (χ3v) is 4.56. The molecular weight excluding hydrogens is 352 g/mol. The minimum absolute atomic E-state index is 0.399. The topological polar surface area (TPSA) is 152 Å². The van der Waals surface area contributed by atoms with E-state index in [1.54, 1.807) is 0 Å². The summed E-state index contributed by atoms with van der Waals surface area (Å²) in [5.74, 6) is 0.521. The zero-order valence-corrected chi connectivity index (χ0v) is 14.3. The van der Waals surface area contributed by atoms with Crippen LogP contribution in [0.15, 0.2) is 36.9 Å². The summed E-state index contributed by atoms with van der Waals surface area (Å²) in [6.45, 7) is 0.0984. The van der Waals surface area contributed by atoms with Crippen molar-refractivity contribution in [2.45, 2.75) is 31.1 Å². The van der Waals surface area contributed by atoms with Crippen LogP contribution in [0.25, 0.3) is 11.2 Å². The van der Waals surface area contributed by atoms with Gasteiger partial charge in [0.15, 0.2) is 23.2 Å². The number of nitrogens with two attached hydrogens (primary N) is 1. The Bertz CT molecular complexity index is 948. The minimum atomic E-state index is -1.21. The molecule has 3 aromatic rings. The molecule has 0 radical (unpaired) electrons. The number of aliphatic hydroxyl groups is 3. The molecular formula is C17H20N6O4. The highest BCUT2D eigenvalue weighted by atomic mass is 16.6. The number of imidazole rings is 1. The lowest BCUT2D eigenvalue weighted by molar-refractivity contribution is -0.0511. The Hall–Kier alpha value is -2.79. The van der Waals surface area contributed by atoms with Gasteiger partial charge in [0.05, 0.1) is 12.9 Å². The van der Waals surface area contributed by atoms with Crippen LogP contribution in [-0.2, 0) is 11.3 Å². The molecule has 1 saturated heterocycles. The summed E-state index contributed by atoms with van der Waals surface area (Å²) in [4.78, 5) is 12.8. The number of hydrogen-bond donors (Lipinski definition) is 5. The molecule has 4 atom stereocenters. The van der Waals surface area contributed by atoms with Crippen molar-refractivity contribution in [1.82, 2.24) is 19.5 Å². The molecule has 0 aliphatic carbocycles. The number of benzene rings is 1. The van der Waals surface area contributed by atoms with Gasteiger partial charge in [-0.2, -0.15) is 0 Å². The Labute approximate surface area is 154 Å². The molecule has 2 aromatic heterocycles. The molecule has 0 saturated carbocycles. The first kappa shape index (κ1) is 17.6. The van der Waals surface area contributed by atoms with E-state index in [1.165, 1.54) is 17.2 Å². The van der Waals surface area contributed by atoms with Crippen molar-refractivity contribution < 1.29 is 20.1 Å². The normalized spacial score (nSPS) is 25.1. The molecule has 0 amide bonds. The zero-order chi connectivity index (χ0) is 19.0. The van der Waals surface area contributed by atoms with E-state index in [1.807, 2.05) is 24.3 Å². The standard InChI is InChI=1S/C17H20N6O4/c18-10-3-1-2-9(4-10)5-19-15-12-16(21-7-20-15)23(8-22-12)17-14(26)13(25)11(6-24)27-17/h1-4,7-8,11,13-14,17,24-26H,5-6,18H2,(H,19,20,21). The summed E-state index contributed by atoms with van der Waals surface area (Å²) < 4.78 is 7.07. The van der Waals surface area contributed by atoms with Crippen LogP contribution in [0, 0.1) is 0 Å². The van der Waals surface area contributed by atoms with Crippen molar-refractivity contribution in [2.75, 3.05) is 17.7 Å². The fourth-order valence-corrected chi connectivity index (χ4v) is 3.17. The van der Waals surface area contributed by atoms with E-state index < -0.39 is 31.1 Å². The van der Waals surface area contributed by atoms with Crippen molar-refractivity contribution >= 4 is 22.7 Å². The highest BCUT2D eigenvalue weighted by molar-refractivity contribution is 5.82. The molecule has 27 heavy (non-hydrogen) atoms. The van der Waals surface area contributed by atoms with Crippen LogP contribution in [0.2, 0.25) is 0 Å². The van der Waals surface area contributed by atoms with E-state index in [0.29, 0.717) is 29.2 Å². The lowest BCUT2D eigenvalue weighted by Crippen LogP contribution is -2.33. The Morgan fingerprint density at radius 2 is 2.04 bits per heavy atom. The second-order valence-corrected chi connectivity index (χ2v) is 6.37. The third kappa shape index (κ3) is 3.19. The molecule has 142 valence electrons. The second-order valence-electron chi connectivity index (χ2n) is 6.37. The molecule has 1 aliphatic rings. The van der Waals surface area contributed by atoms with E-state index in [9.17, 15) is 15.3 Å². The van der Waals surface area contributed by atoms with Gasteiger partial charge in [-0.3, -0.25) is 4.57 Å². The molecule has 1 aromatic carbocycles. The molecule has 10 heteroatoms. The summed E-state index contributed by atoms with van der Waals surface area (Å²) >= 11 is 0. The minimum Gasteiger partial charge on any atom is -0.399 e. The fourth-order valence-electron chi connectivity index (χ4n) is 3.17. The largest absolute Gasteiger partial charge is 0.399 e. The number of anilines is 2. The number of aliphatic hydroxyl groups excluding tert-OH is 3. The molecule has 4 rings (SSSR count). The van der Waals surface area contributed by atoms with Gasteiger partial charge in [-0.05, 0) is 17.7 Å². The maximum atomic E-state index is 10.2. The third-order valence-electron chi connectivity index (χ3n) is 4.56. The van der Waals surface area contributed by atoms with E-state index in [-0.39, 0.29) is 0 Å². The molecule has 3 heterocycles. The summed E-state index contributed by atoms with van der Waals surface area (Å²) in [5.41, 5.74) is 8.40. The highest BCUT2D eigenvalue weighted by Gasteiger charge is 2.44. The van der Waals surface area contributed by atoms with Gasteiger partial charge in [0.25, 0.3) is 0 Å². The van der Waals surface area contributed by atoms with Gasteiger partial charge < -0.3 is 31.1 Å². The predicted octanol–water partition coefficient (Wildman–Crippen LogP) is -0.368. The van der Waals surface area contributed by atoms with Gasteiger partial charge >= 0.3 is 0 Å². The van der Waals surface area contributed by atoms with Crippen LogP contribution >= 0.6 is 0 Å². The Kier molecular flexibility index (Phi) is 4.62. The lowest BCUT2D eigenvalue weighted by Gasteiger charge is -2.16. The van der Waals surface area contributed by atoms with Crippen molar-refractivity contribution in [2.24, 2.45) is 0 Å². The highest BCUT2D eigenvalue weighted by Crippen LogP contribution is 2.32. The number of aromatic nitrogens is 4. The summed E-state index contributed by atoms with van der Waals surface area (Å²) in [6, 6.07) is 7.50. The summed E-state index contributed by atoms with van der Waals surface area (Å²) in [7, 11) is 0. The van der Waals surface area contributed by atoms with Gasteiger partial charge in [0, 0.05) is 12.2 Å². The molecule has 4 unspecified atom stereocenters. The van der Waals surface area contributed by atoms with Crippen LogP contribution in [0.3, 0.4) is 0 Å². The van der Waals surface area contributed by atoms with Crippen LogP contribution in [0.5, 0.6) is 0 Å². The quantitative estimate of drug-likeness (QED) is 0.378. The second kappa shape index (κ2) is 7.08. The number of nitrogen functional groups attached to an aromatic ring is 1. The average molecular weight is 372 g/mol. The Balaban J connectivity index is 1.60. The summed E-state index contributed by atoms with van der Waals surface area (Å²) in [5, 5.41) is 32.7. The smallest absolute Gasteiger partial charge is 0.167 e. The van der Waals surface area contributed by atoms with Gasteiger partial charge in [0.1, 0.15) is 24.6 Å². The Morgan fingerprint density at radius 3 is 2.78 bits per heavy atom. The zero-order valence-electron chi connectivity index (χ0n) is 14.3. The van der Waals surface area contributed by atoms with Crippen molar-refractivity contribution in [1.29, 1.82) is 0 Å². The molecule has 0 spiro atoms. The van der Waals surface area contributed by atoms with Crippen LogP contribution in [0.4, 0.5) is 11.5 Å². The number of rotatable bonds is 5. The van der Waals surface area contributed by atoms with Gasteiger partial charge in [-0.15, -0.1) is 0 Å². The van der Waals surface area contributed by atoms with Crippen molar-refractivity contribution in [3.05, 3.63) is 42.5 Å². The molecule has 6 N–H and O–H groups in total. The fraction of sp³-hybridized carbons (Fsp3) is 0.353. The number of nitrogens with zero attached hydrogens (tertiary/aromatic N) is 4. The van der Waals surface area contributed by atoms with Crippen LogP contribution in [0.1, 0.15) is 11.8 Å². The summed E-state index contributed by atoms with van der Waals surface area (Å²) in [6.07, 6.45) is -1.34. The van der Waals surface area contributed by atoms with E-state index in [0.717, 1.165) is 5.56 Å². The van der Waals surface area contributed by atoms with Gasteiger partial charge in [-0.25, -0.2) is 15.0 Å². The predicted molar refractivity (Wildman–Crippen MR) is 96.5 cm³/mol. The molecule has 1 aliphatic heterocycles. The SMILES string of the molecule is Nc1cccc(CNc2ncnc3c2ncn3C2OC(CO)C(O)C2O)c1. The number of ether oxygens (including phenoxy) is 1. The number of hydrogen-bond acceptors (Lipinski definition) is 9. The molecule has 1 fully saturated rings. The van der Waals surface area contributed by atoms with Crippen molar-refractivity contribution in [3.8, 4) is 0 Å². The van der Waals surface area contributed by atoms with E-state index in [4.69, 9.17) is 10.5 Å². The molecule has 10 nitrogen and oxygen atoms in total. The van der Waals surface area contributed by atoms with E-state index in [2.05, 4.69) is 20.3 Å². The van der Waals surface area contributed by atoms with Crippen LogP contribution in [-0.4, -0.2) is 59.8 Å². The van der Waals surface area contributed by atoms with E-state index >= 15 is 0 Å². The number of nitrogens with one attached hydrogen (secondary N) is 1.